The van der Waals surface area contributed by atoms with Crippen LogP contribution in [0.5, 0.6) is 0 Å². The first kappa shape index (κ1) is 11.6. The molecule has 0 saturated heterocycles. The molecule has 0 radical (unpaired) electrons. The number of nitrogens with two attached hydrogens (primary N) is 1. The highest BCUT2D eigenvalue weighted by Gasteiger charge is 2.29. The Morgan fingerprint density at radius 2 is 2.44 bits per heavy atom. The van der Waals surface area contributed by atoms with Gasteiger partial charge in [-0.05, 0) is 36.8 Å². The van der Waals surface area contributed by atoms with Crippen molar-refractivity contribution < 1.29 is 4.79 Å². The minimum atomic E-state index is 0.0280. The summed E-state index contributed by atoms with van der Waals surface area (Å²) < 4.78 is 0. The van der Waals surface area contributed by atoms with E-state index in [0.29, 0.717) is 6.54 Å². The van der Waals surface area contributed by atoms with Crippen LogP contribution in [0.2, 0.25) is 0 Å². The number of amides is 1. The number of thiophene rings is 1. The van der Waals surface area contributed by atoms with Gasteiger partial charge in [0.25, 0.3) is 0 Å². The first-order chi connectivity index (χ1) is 7.68. The molecule has 0 bridgehead atoms. The normalized spacial score (nSPS) is 24.6. The Kier molecular flexibility index (Phi) is 3.61. The molecular formula is C12H18N2OS. The van der Waals surface area contributed by atoms with Crippen molar-refractivity contribution >= 4 is 17.2 Å². The number of carbonyl (C=O) groups excluding carboxylic acids is 1. The molecule has 0 spiro atoms. The van der Waals surface area contributed by atoms with E-state index >= 15 is 0 Å². The van der Waals surface area contributed by atoms with Gasteiger partial charge in [0.1, 0.15) is 0 Å². The Balaban J connectivity index is 1.86. The molecule has 3 N–H and O–H groups in total. The quantitative estimate of drug-likeness (QED) is 0.843. The van der Waals surface area contributed by atoms with E-state index in [1.54, 1.807) is 11.3 Å². The summed E-state index contributed by atoms with van der Waals surface area (Å²) in [6.07, 6.45) is 3.00. The Morgan fingerprint density at radius 3 is 3.00 bits per heavy atom. The smallest absolute Gasteiger partial charge is 0.224 e. The van der Waals surface area contributed by atoms with Gasteiger partial charge >= 0.3 is 0 Å². The Hall–Kier alpha value is -0.870. The molecule has 1 fully saturated rings. The molecule has 2 rings (SSSR count). The summed E-state index contributed by atoms with van der Waals surface area (Å²) in [5, 5.41) is 5.04. The van der Waals surface area contributed by atoms with E-state index in [9.17, 15) is 4.79 Å². The zero-order valence-corrected chi connectivity index (χ0v) is 10.3. The second-order valence-corrected chi connectivity index (χ2v) is 5.45. The lowest BCUT2D eigenvalue weighted by molar-refractivity contribution is -0.125. The summed E-state index contributed by atoms with van der Waals surface area (Å²) in [5.74, 6) is 0.151. The fourth-order valence-electron chi connectivity index (χ4n) is 2.20. The molecule has 1 amide bonds. The fraction of sp³-hybridized carbons (Fsp3) is 0.583. The minimum absolute atomic E-state index is 0.0280. The lowest BCUT2D eigenvalue weighted by Gasteiger charge is -2.14. The van der Waals surface area contributed by atoms with Gasteiger partial charge in [0, 0.05) is 10.9 Å². The number of hydrogen-bond acceptors (Lipinski definition) is 3. The molecule has 1 aromatic rings. The third-order valence-corrected chi connectivity index (χ3v) is 4.32. The van der Waals surface area contributed by atoms with Gasteiger partial charge in [-0.15, -0.1) is 11.3 Å². The van der Waals surface area contributed by atoms with Gasteiger partial charge in [0.05, 0.1) is 12.5 Å². The molecule has 88 valence electrons. The average Bonchev–Trinajstić information content (AvgIpc) is 2.84. The van der Waals surface area contributed by atoms with Gasteiger partial charge in [-0.3, -0.25) is 4.79 Å². The molecule has 4 heteroatoms. The van der Waals surface area contributed by atoms with Crippen LogP contribution in [0.1, 0.15) is 29.7 Å². The van der Waals surface area contributed by atoms with Crippen molar-refractivity contribution in [3.05, 3.63) is 21.9 Å². The van der Waals surface area contributed by atoms with Crippen LogP contribution in [0, 0.1) is 12.8 Å². The maximum absolute atomic E-state index is 11.9. The highest BCUT2D eigenvalue weighted by molar-refractivity contribution is 7.10. The predicted octanol–water partition coefficient (Wildman–Crippen LogP) is 1.80. The number of rotatable bonds is 3. The van der Waals surface area contributed by atoms with Gasteiger partial charge in [-0.25, -0.2) is 0 Å². The molecule has 1 aliphatic rings. The number of hydrogen-bond donors (Lipinski definition) is 2. The van der Waals surface area contributed by atoms with Crippen molar-refractivity contribution in [1.82, 2.24) is 5.32 Å². The molecule has 2 atom stereocenters. The molecule has 0 aromatic carbocycles. The van der Waals surface area contributed by atoms with Crippen LogP contribution in [0.4, 0.5) is 0 Å². The Bertz CT molecular complexity index is 375. The van der Waals surface area contributed by atoms with Crippen molar-refractivity contribution in [2.45, 2.75) is 38.8 Å². The van der Waals surface area contributed by atoms with Crippen LogP contribution in [-0.2, 0) is 11.3 Å². The zero-order chi connectivity index (χ0) is 11.5. The lowest BCUT2D eigenvalue weighted by Crippen LogP contribution is -2.38. The van der Waals surface area contributed by atoms with Crippen LogP contribution in [0.15, 0.2) is 11.4 Å². The third-order valence-electron chi connectivity index (χ3n) is 3.30. The third kappa shape index (κ3) is 2.44. The second-order valence-electron chi connectivity index (χ2n) is 4.45. The predicted molar refractivity (Wildman–Crippen MR) is 66.2 cm³/mol. The van der Waals surface area contributed by atoms with Gasteiger partial charge in [0.2, 0.25) is 5.91 Å². The van der Waals surface area contributed by atoms with Crippen molar-refractivity contribution in [3.8, 4) is 0 Å². The van der Waals surface area contributed by atoms with Crippen LogP contribution in [0.3, 0.4) is 0 Å². The largest absolute Gasteiger partial charge is 0.351 e. The van der Waals surface area contributed by atoms with E-state index in [4.69, 9.17) is 5.73 Å². The second kappa shape index (κ2) is 4.97. The summed E-state index contributed by atoms with van der Waals surface area (Å²) >= 11 is 1.69. The van der Waals surface area contributed by atoms with Crippen LogP contribution >= 0.6 is 11.3 Å². The van der Waals surface area contributed by atoms with E-state index < -0.39 is 0 Å². The first-order valence-corrected chi connectivity index (χ1v) is 6.62. The molecule has 1 aliphatic carbocycles. The van der Waals surface area contributed by atoms with Crippen LogP contribution in [-0.4, -0.2) is 11.9 Å². The van der Waals surface area contributed by atoms with E-state index in [2.05, 4.69) is 23.7 Å². The molecule has 16 heavy (non-hydrogen) atoms. The summed E-state index contributed by atoms with van der Waals surface area (Å²) in [6.45, 7) is 2.71. The SMILES string of the molecule is Cc1ccsc1CNC(=O)C1CCCC1N. The van der Waals surface area contributed by atoms with E-state index in [-0.39, 0.29) is 17.9 Å². The summed E-state index contributed by atoms with van der Waals surface area (Å²) in [4.78, 5) is 13.1. The molecule has 2 unspecified atom stereocenters. The summed E-state index contributed by atoms with van der Waals surface area (Å²) in [5.41, 5.74) is 7.15. The average molecular weight is 238 g/mol. The Labute approximate surface area is 100 Å². The molecule has 0 aliphatic heterocycles. The first-order valence-electron chi connectivity index (χ1n) is 5.74. The molecule has 1 saturated carbocycles. The fourth-order valence-corrected chi connectivity index (χ4v) is 3.04. The summed E-state index contributed by atoms with van der Waals surface area (Å²) in [7, 11) is 0. The van der Waals surface area contributed by atoms with E-state index in [1.165, 1.54) is 10.4 Å². The standard InChI is InChI=1S/C12H18N2OS/c1-8-5-6-16-11(8)7-14-12(15)9-3-2-4-10(9)13/h5-6,9-10H,2-4,7,13H2,1H3,(H,14,15). The molecule has 1 aromatic heterocycles. The van der Waals surface area contributed by atoms with Gasteiger partial charge in [-0.2, -0.15) is 0 Å². The van der Waals surface area contributed by atoms with Crippen molar-refractivity contribution in [2.24, 2.45) is 11.7 Å². The zero-order valence-electron chi connectivity index (χ0n) is 9.53. The van der Waals surface area contributed by atoms with Crippen molar-refractivity contribution in [1.29, 1.82) is 0 Å². The van der Waals surface area contributed by atoms with Crippen molar-refractivity contribution in [3.63, 3.8) is 0 Å². The highest BCUT2D eigenvalue weighted by Crippen LogP contribution is 2.24. The number of nitrogens with one attached hydrogen (secondary N) is 1. The monoisotopic (exact) mass is 238 g/mol. The van der Waals surface area contributed by atoms with Gasteiger partial charge < -0.3 is 11.1 Å². The highest BCUT2D eigenvalue weighted by atomic mass is 32.1. The lowest BCUT2D eigenvalue weighted by atomic mass is 10.0. The van der Waals surface area contributed by atoms with Crippen LogP contribution in [0.25, 0.3) is 0 Å². The maximum atomic E-state index is 11.9. The number of carbonyl (C=O) groups is 1. The van der Waals surface area contributed by atoms with E-state index in [1.807, 2.05) is 0 Å². The molecule has 1 heterocycles. The number of aryl methyl sites for hydroxylation is 1. The topological polar surface area (TPSA) is 55.1 Å². The summed E-state index contributed by atoms with van der Waals surface area (Å²) in [6, 6.07) is 2.14. The van der Waals surface area contributed by atoms with E-state index in [0.717, 1.165) is 19.3 Å². The molecule has 3 nitrogen and oxygen atoms in total. The van der Waals surface area contributed by atoms with Crippen LogP contribution < -0.4 is 11.1 Å². The molecular weight excluding hydrogens is 220 g/mol. The van der Waals surface area contributed by atoms with Gasteiger partial charge in [-0.1, -0.05) is 6.42 Å². The van der Waals surface area contributed by atoms with Gasteiger partial charge in [0.15, 0.2) is 0 Å². The minimum Gasteiger partial charge on any atom is -0.351 e. The maximum Gasteiger partial charge on any atom is 0.224 e. The Morgan fingerprint density at radius 1 is 1.62 bits per heavy atom. The van der Waals surface area contributed by atoms with Crippen molar-refractivity contribution in [2.75, 3.05) is 0 Å².